The van der Waals surface area contributed by atoms with E-state index in [2.05, 4.69) is 6.92 Å². The highest BCUT2D eigenvalue weighted by Gasteiger charge is 2.15. The van der Waals surface area contributed by atoms with Crippen LogP contribution in [0.1, 0.15) is 25.3 Å². The molecule has 0 saturated carbocycles. The van der Waals surface area contributed by atoms with Gasteiger partial charge in [0.15, 0.2) is 9.84 Å². The fourth-order valence-corrected chi connectivity index (χ4v) is 3.82. The molecule has 0 fully saturated rings. The normalized spacial score (nSPS) is 12.9. The predicted octanol–water partition coefficient (Wildman–Crippen LogP) is 4.09. The first-order chi connectivity index (χ1) is 11.1. The third-order valence-electron chi connectivity index (χ3n) is 3.85. The lowest BCUT2D eigenvalue weighted by atomic mass is 10.1. The van der Waals surface area contributed by atoms with E-state index in [-0.39, 0.29) is 5.75 Å². The van der Waals surface area contributed by atoms with Crippen LogP contribution in [-0.2, 0) is 21.2 Å². The first-order valence-corrected chi connectivity index (χ1v) is 9.62. The van der Waals surface area contributed by atoms with E-state index in [0.717, 1.165) is 12.0 Å². The topological polar surface area (TPSA) is 43.4 Å². The third kappa shape index (κ3) is 6.16. The minimum atomic E-state index is -3.17. The van der Waals surface area contributed by atoms with Gasteiger partial charge >= 0.3 is 0 Å². The molecule has 0 aromatic heterocycles. The molecule has 0 aliphatic carbocycles. The van der Waals surface area contributed by atoms with Gasteiger partial charge in [0, 0.05) is 6.61 Å². The van der Waals surface area contributed by atoms with Crippen LogP contribution < -0.4 is 0 Å². The summed E-state index contributed by atoms with van der Waals surface area (Å²) in [6.45, 7) is 3.34. The van der Waals surface area contributed by atoms with Gasteiger partial charge in [0.25, 0.3) is 0 Å². The number of ether oxygens (including phenoxy) is 1. The summed E-state index contributed by atoms with van der Waals surface area (Å²) in [5, 5.41) is 0. The molecule has 2 aromatic rings. The van der Waals surface area contributed by atoms with Crippen molar-refractivity contribution in [2.45, 2.75) is 31.3 Å². The molecule has 2 aromatic carbocycles. The fraction of sp³-hybridized carbons (Fsp3) is 0.368. The van der Waals surface area contributed by atoms with Crippen molar-refractivity contribution in [2.75, 3.05) is 12.4 Å². The second-order valence-electron chi connectivity index (χ2n) is 5.85. The zero-order chi connectivity index (χ0) is 16.5. The Bertz CT molecular complexity index is 666. The van der Waals surface area contributed by atoms with Gasteiger partial charge in [-0.3, -0.25) is 0 Å². The van der Waals surface area contributed by atoms with Crippen LogP contribution in [0.3, 0.4) is 0 Å². The molecule has 0 aliphatic rings. The summed E-state index contributed by atoms with van der Waals surface area (Å²) in [5.41, 5.74) is 1.16. The smallest absolute Gasteiger partial charge is 0.178 e. The summed E-state index contributed by atoms with van der Waals surface area (Å²) in [6, 6.07) is 18.7. The highest BCUT2D eigenvalue weighted by Crippen LogP contribution is 2.16. The van der Waals surface area contributed by atoms with E-state index in [9.17, 15) is 8.42 Å². The van der Waals surface area contributed by atoms with E-state index in [1.54, 1.807) is 24.3 Å². The highest BCUT2D eigenvalue weighted by molar-refractivity contribution is 7.91. The number of rotatable bonds is 9. The molecular formula is C19H24O3S. The largest absolute Gasteiger partial charge is 0.377 e. The summed E-state index contributed by atoms with van der Waals surface area (Å²) >= 11 is 0. The van der Waals surface area contributed by atoms with Crippen LogP contribution in [0.15, 0.2) is 65.6 Å². The molecule has 0 radical (unpaired) electrons. The van der Waals surface area contributed by atoms with Crippen molar-refractivity contribution in [1.29, 1.82) is 0 Å². The van der Waals surface area contributed by atoms with Gasteiger partial charge < -0.3 is 4.74 Å². The standard InChI is InChI=1S/C19H24O3S/c1-17(12-14-22-16-18-8-4-2-5-9-18)13-15-23(20,21)19-10-6-3-7-11-19/h2-11,17H,12-16H2,1H3/t17-/m0/s1. The maximum atomic E-state index is 12.2. The Balaban J connectivity index is 1.68. The van der Waals surface area contributed by atoms with Crippen LogP contribution in [0.4, 0.5) is 0 Å². The molecule has 0 heterocycles. The van der Waals surface area contributed by atoms with Gasteiger partial charge in [-0.2, -0.15) is 0 Å². The third-order valence-corrected chi connectivity index (χ3v) is 5.61. The van der Waals surface area contributed by atoms with Crippen molar-refractivity contribution in [3.8, 4) is 0 Å². The van der Waals surface area contributed by atoms with Crippen LogP contribution in [0.5, 0.6) is 0 Å². The van der Waals surface area contributed by atoms with Crippen LogP contribution in [0, 0.1) is 5.92 Å². The molecule has 0 aliphatic heterocycles. The minimum absolute atomic E-state index is 0.191. The number of benzene rings is 2. The molecule has 0 saturated heterocycles. The molecule has 2 rings (SSSR count). The fourth-order valence-electron chi connectivity index (χ4n) is 2.30. The van der Waals surface area contributed by atoms with Crippen molar-refractivity contribution in [1.82, 2.24) is 0 Å². The average Bonchev–Trinajstić information content (AvgIpc) is 2.59. The Morgan fingerprint density at radius 1 is 0.913 bits per heavy atom. The molecule has 1 atom stereocenters. The second-order valence-corrected chi connectivity index (χ2v) is 7.96. The lowest BCUT2D eigenvalue weighted by Gasteiger charge is -2.12. The molecule has 0 N–H and O–H groups in total. The average molecular weight is 332 g/mol. The van der Waals surface area contributed by atoms with Crippen molar-refractivity contribution in [2.24, 2.45) is 5.92 Å². The Morgan fingerprint density at radius 2 is 1.52 bits per heavy atom. The van der Waals surface area contributed by atoms with Gasteiger partial charge in [-0.05, 0) is 36.5 Å². The van der Waals surface area contributed by atoms with Crippen LogP contribution >= 0.6 is 0 Å². The molecule has 23 heavy (non-hydrogen) atoms. The Morgan fingerprint density at radius 3 is 2.17 bits per heavy atom. The highest BCUT2D eigenvalue weighted by atomic mass is 32.2. The van der Waals surface area contributed by atoms with E-state index in [1.807, 2.05) is 36.4 Å². The molecule has 124 valence electrons. The number of hydrogen-bond acceptors (Lipinski definition) is 3. The van der Waals surface area contributed by atoms with Crippen molar-refractivity contribution < 1.29 is 13.2 Å². The quantitative estimate of drug-likeness (QED) is 0.650. The van der Waals surface area contributed by atoms with E-state index < -0.39 is 9.84 Å². The number of hydrogen-bond donors (Lipinski definition) is 0. The van der Waals surface area contributed by atoms with Gasteiger partial charge in [0.1, 0.15) is 0 Å². The van der Waals surface area contributed by atoms with E-state index in [4.69, 9.17) is 4.74 Å². The summed E-state index contributed by atoms with van der Waals surface area (Å²) < 4.78 is 30.1. The lowest BCUT2D eigenvalue weighted by molar-refractivity contribution is 0.108. The molecular weight excluding hydrogens is 308 g/mol. The first-order valence-electron chi connectivity index (χ1n) is 7.97. The monoisotopic (exact) mass is 332 g/mol. The predicted molar refractivity (Wildman–Crippen MR) is 93.0 cm³/mol. The van der Waals surface area contributed by atoms with Crippen LogP contribution in [0.2, 0.25) is 0 Å². The first kappa shape index (κ1) is 17.7. The molecule has 0 amide bonds. The maximum Gasteiger partial charge on any atom is 0.178 e. The van der Waals surface area contributed by atoms with Crippen molar-refractivity contribution in [3.63, 3.8) is 0 Å². The maximum absolute atomic E-state index is 12.2. The molecule has 3 nitrogen and oxygen atoms in total. The van der Waals surface area contributed by atoms with E-state index in [0.29, 0.717) is 30.4 Å². The minimum Gasteiger partial charge on any atom is -0.377 e. The lowest BCUT2D eigenvalue weighted by Crippen LogP contribution is -2.11. The van der Waals surface area contributed by atoms with E-state index >= 15 is 0 Å². The molecule has 0 unspecified atom stereocenters. The van der Waals surface area contributed by atoms with E-state index in [1.165, 1.54) is 0 Å². The van der Waals surface area contributed by atoms with Gasteiger partial charge in [0.2, 0.25) is 0 Å². The SMILES string of the molecule is C[C@@H](CCOCc1ccccc1)CCS(=O)(=O)c1ccccc1. The Labute approximate surface area is 139 Å². The molecule has 4 heteroatoms. The zero-order valence-corrected chi connectivity index (χ0v) is 14.3. The van der Waals surface area contributed by atoms with Crippen LogP contribution in [-0.4, -0.2) is 20.8 Å². The van der Waals surface area contributed by atoms with Gasteiger partial charge in [-0.25, -0.2) is 8.42 Å². The van der Waals surface area contributed by atoms with Gasteiger partial charge in [-0.15, -0.1) is 0 Å². The summed E-state index contributed by atoms with van der Waals surface area (Å²) in [7, 11) is -3.17. The van der Waals surface area contributed by atoms with Crippen molar-refractivity contribution >= 4 is 9.84 Å². The zero-order valence-electron chi connectivity index (χ0n) is 13.5. The Hall–Kier alpha value is -1.65. The second kappa shape index (κ2) is 8.85. The summed E-state index contributed by atoms with van der Waals surface area (Å²) in [5.74, 6) is 0.515. The molecule has 0 bridgehead atoms. The summed E-state index contributed by atoms with van der Waals surface area (Å²) in [4.78, 5) is 0.410. The number of sulfone groups is 1. The van der Waals surface area contributed by atoms with Crippen molar-refractivity contribution in [3.05, 3.63) is 66.2 Å². The summed E-state index contributed by atoms with van der Waals surface area (Å²) in [6.07, 6.45) is 1.53. The van der Waals surface area contributed by atoms with Gasteiger partial charge in [0.05, 0.1) is 17.3 Å². The van der Waals surface area contributed by atoms with Crippen LogP contribution in [0.25, 0.3) is 0 Å². The Kier molecular flexibility index (Phi) is 6.81. The molecule has 0 spiro atoms. The van der Waals surface area contributed by atoms with Gasteiger partial charge in [-0.1, -0.05) is 55.5 Å².